The molecule has 0 radical (unpaired) electrons. The quantitative estimate of drug-likeness (QED) is 0.543. The largest absolute Gasteiger partial charge is 0.302 e. The molecule has 3 aromatic heterocycles. The number of nitriles is 1. The number of thiazole rings is 1. The van der Waals surface area contributed by atoms with E-state index in [1.165, 1.54) is 23.1 Å². The number of nitrogens with zero attached hydrogens (tertiary/aromatic N) is 5. The van der Waals surface area contributed by atoms with E-state index in [1.54, 1.807) is 4.52 Å². The van der Waals surface area contributed by atoms with Gasteiger partial charge in [0.25, 0.3) is 0 Å². The molecule has 1 amide bonds. The van der Waals surface area contributed by atoms with Crippen LogP contribution in [0.3, 0.4) is 0 Å². The number of carbonyl (C=O) groups is 1. The summed E-state index contributed by atoms with van der Waals surface area (Å²) in [7, 11) is 0. The summed E-state index contributed by atoms with van der Waals surface area (Å²) in [6, 6.07) is 8.28. The molecular weight excluding hydrogens is 384 g/mol. The zero-order chi connectivity index (χ0) is 20.5. The number of anilines is 1. The number of aryl methyl sites for hydroxylation is 3. The number of fused-ring (bicyclic) bond motifs is 2. The van der Waals surface area contributed by atoms with Gasteiger partial charge in [0.05, 0.1) is 16.4 Å². The molecule has 0 atom stereocenters. The van der Waals surface area contributed by atoms with Gasteiger partial charge in [0.15, 0.2) is 10.8 Å². The maximum absolute atomic E-state index is 12.5. The number of benzene rings is 1. The van der Waals surface area contributed by atoms with Crippen molar-refractivity contribution in [3.63, 3.8) is 0 Å². The van der Waals surface area contributed by atoms with Crippen LogP contribution >= 0.6 is 11.3 Å². The third-order valence-corrected chi connectivity index (χ3v) is 5.97. The van der Waals surface area contributed by atoms with E-state index in [-0.39, 0.29) is 5.91 Å². The lowest BCUT2D eigenvalue weighted by molar-refractivity contribution is -0.116. The molecule has 0 fully saturated rings. The van der Waals surface area contributed by atoms with Crippen molar-refractivity contribution in [1.82, 2.24) is 19.6 Å². The van der Waals surface area contributed by atoms with E-state index in [4.69, 9.17) is 0 Å². The smallest absolute Gasteiger partial charge is 0.226 e. The van der Waals surface area contributed by atoms with Gasteiger partial charge in [-0.1, -0.05) is 24.3 Å². The van der Waals surface area contributed by atoms with Crippen LogP contribution in [0.25, 0.3) is 15.9 Å². The topological polar surface area (TPSA) is 96.0 Å². The Balaban J connectivity index is 1.49. The molecular formula is C21H20N6OS. The normalized spacial score (nSPS) is 11.1. The third kappa shape index (κ3) is 3.57. The molecule has 0 aliphatic heterocycles. The Morgan fingerprint density at radius 1 is 1.31 bits per heavy atom. The van der Waals surface area contributed by atoms with Crippen LogP contribution in [-0.4, -0.2) is 25.5 Å². The molecule has 0 aliphatic carbocycles. The predicted octanol–water partition coefficient (Wildman–Crippen LogP) is 3.96. The van der Waals surface area contributed by atoms with Crippen molar-refractivity contribution in [2.45, 2.75) is 40.0 Å². The monoisotopic (exact) mass is 404 g/mol. The average molecular weight is 404 g/mol. The number of hydrogen-bond donors (Lipinski definition) is 1. The van der Waals surface area contributed by atoms with E-state index in [0.717, 1.165) is 33.6 Å². The molecule has 1 N–H and O–H groups in total. The second kappa shape index (κ2) is 7.60. The van der Waals surface area contributed by atoms with Crippen molar-refractivity contribution < 1.29 is 4.79 Å². The van der Waals surface area contributed by atoms with Gasteiger partial charge < -0.3 is 5.32 Å². The molecule has 146 valence electrons. The minimum absolute atomic E-state index is 0.0863. The summed E-state index contributed by atoms with van der Waals surface area (Å²) in [6.45, 7) is 5.95. The maximum Gasteiger partial charge on any atom is 0.226 e. The SMILES string of the molecule is CCc1ccc2nc(NC(=O)CCc3c(C)nc4c(C#N)cnn4c3C)sc2c1. The Bertz CT molecular complexity index is 1280. The Hall–Kier alpha value is -3.31. The van der Waals surface area contributed by atoms with E-state index >= 15 is 0 Å². The molecule has 7 nitrogen and oxygen atoms in total. The van der Waals surface area contributed by atoms with Crippen LogP contribution in [0.15, 0.2) is 24.4 Å². The standard InChI is InChI=1S/C21H20N6OS/c1-4-14-5-7-17-18(9-14)29-21(25-17)26-19(28)8-6-16-12(2)24-20-15(10-22)11-23-27(20)13(16)3/h5,7,9,11H,4,6,8H2,1-3H3,(H,25,26,28). The lowest BCUT2D eigenvalue weighted by Crippen LogP contribution is -2.14. The number of amides is 1. The average Bonchev–Trinajstić information content (AvgIpc) is 3.30. The third-order valence-electron chi connectivity index (χ3n) is 5.04. The van der Waals surface area contributed by atoms with Gasteiger partial charge in [-0.05, 0) is 49.9 Å². The van der Waals surface area contributed by atoms with Gasteiger partial charge in [-0.2, -0.15) is 10.4 Å². The lowest BCUT2D eigenvalue weighted by atomic mass is 10.1. The first-order valence-electron chi connectivity index (χ1n) is 9.43. The molecule has 0 unspecified atom stereocenters. The number of carbonyl (C=O) groups excluding carboxylic acids is 1. The van der Waals surface area contributed by atoms with E-state index in [1.807, 2.05) is 19.9 Å². The Morgan fingerprint density at radius 3 is 2.90 bits per heavy atom. The summed E-state index contributed by atoms with van der Waals surface area (Å²) >= 11 is 1.49. The van der Waals surface area contributed by atoms with Gasteiger partial charge in [-0.25, -0.2) is 14.5 Å². The Morgan fingerprint density at radius 2 is 2.14 bits per heavy atom. The number of nitrogens with one attached hydrogen (secondary N) is 1. The summed E-state index contributed by atoms with van der Waals surface area (Å²) < 4.78 is 2.74. The van der Waals surface area contributed by atoms with Crippen LogP contribution < -0.4 is 5.32 Å². The van der Waals surface area contributed by atoms with E-state index in [0.29, 0.717) is 29.2 Å². The summed E-state index contributed by atoms with van der Waals surface area (Å²) in [5.41, 5.74) is 5.83. The number of rotatable bonds is 5. The fourth-order valence-electron chi connectivity index (χ4n) is 3.41. The summed E-state index contributed by atoms with van der Waals surface area (Å²) in [4.78, 5) is 21.5. The molecule has 0 spiro atoms. The highest BCUT2D eigenvalue weighted by Gasteiger charge is 2.15. The first-order chi connectivity index (χ1) is 14.0. The van der Waals surface area contributed by atoms with Crippen molar-refractivity contribution >= 4 is 38.2 Å². The lowest BCUT2D eigenvalue weighted by Gasteiger charge is -2.10. The highest BCUT2D eigenvalue weighted by molar-refractivity contribution is 7.22. The molecule has 4 aromatic rings. The van der Waals surface area contributed by atoms with Gasteiger partial charge in [0.2, 0.25) is 5.91 Å². The molecule has 1 aromatic carbocycles. The van der Waals surface area contributed by atoms with Crippen LogP contribution in [-0.2, 0) is 17.6 Å². The summed E-state index contributed by atoms with van der Waals surface area (Å²) in [5, 5.41) is 16.9. The molecule has 0 saturated heterocycles. The Labute approximate surface area is 172 Å². The maximum atomic E-state index is 12.5. The van der Waals surface area contributed by atoms with Crippen molar-refractivity contribution in [2.24, 2.45) is 0 Å². The molecule has 4 rings (SSSR count). The van der Waals surface area contributed by atoms with Crippen LogP contribution in [0.2, 0.25) is 0 Å². The van der Waals surface area contributed by atoms with Crippen molar-refractivity contribution in [1.29, 1.82) is 5.26 Å². The second-order valence-electron chi connectivity index (χ2n) is 6.89. The Kier molecular flexibility index (Phi) is 4.99. The molecule has 3 heterocycles. The van der Waals surface area contributed by atoms with Crippen LogP contribution in [0.1, 0.15) is 41.4 Å². The van der Waals surface area contributed by atoms with Gasteiger partial charge in [-0.3, -0.25) is 4.79 Å². The fourth-order valence-corrected chi connectivity index (χ4v) is 4.36. The minimum Gasteiger partial charge on any atom is -0.302 e. The van der Waals surface area contributed by atoms with E-state index in [9.17, 15) is 10.1 Å². The number of aromatic nitrogens is 4. The van der Waals surface area contributed by atoms with Crippen LogP contribution in [0.4, 0.5) is 5.13 Å². The van der Waals surface area contributed by atoms with Crippen molar-refractivity contribution in [3.8, 4) is 6.07 Å². The minimum atomic E-state index is -0.0863. The van der Waals surface area contributed by atoms with E-state index < -0.39 is 0 Å². The van der Waals surface area contributed by atoms with Crippen LogP contribution in [0.5, 0.6) is 0 Å². The molecule has 0 aliphatic rings. The van der Waals surface area contributed by atoms with Gasteiger partial charge >= 0.3 is 0 Å². The first kappa shape index (κ1) is 19.0. The zero-order valence-corrected chi connectivity index (χ0v) is 17.3. The highest BCUT2D eigenvalue weighted by Crippen LogP contribution is 2.27. The predicted molar refractivity (Wildman–Crippen MR) is 113 cm³/mol. The number of hydrogen-bond acceptors (Lipinski definition) is 6. The first-order valence-corrected chi connectivity index (χ1v) is 10.2. The molecule has 0 saturated carbocycles. The summed E-state index contributed by atoms with van der Waals surface area (Å²) in [6.07, 6.45) is 3.34. The van der Waals surface area contributed by atoms with Crippen molar-refractivity contribution in [2.75, 3.05) is 5.32 Å². The molecule has 29 heavy (non-hydrogen) atoms. The van der Waals surface area contributed by atoms with Gasteiger partial charge in [0, 0.05) is 17.8 Å². The van der Waals surface area contributed by atoms with Crippen molar-refractivity contribution in [3.05, 3.63) is 52.5 Å². The van der Waals surface area contributed by atoms with Gasteiger partial charge in [-0.15, -0.1) is 0 Å². The molecule has 0 bridgehead atoms. The fraction of sp³-hybridized carbons (Fsp3) is 0.286. The van der Waals surface area contributed by atoms with Gasteiger partial charge in [0.1, 0.15) is 11.6 Å². The second-order valence-corrected chi connectivity index (χ2v) is 7.92. The molecule has 8 heteroatoms. The summed E-state index contributed by atoms with van der Waals surface area (Å²) in [5.74, 6) is -0.0863. The highest BCUT2D eigenvalue weighted by atomic mass is 32.1. The zero-order valence-electron chi connectivity index (χ0n) is 16.5. The van der Waals surface area contributed by atoms with Crippen LogP contribution in [0, 0.1) is 25.2 Å². The van der Waals surface area contributed by atoms with E-state index in [2.05, 4.69) is 45.5 Å².